The van der Waals surface area contributed by atoms with Gasteiger partial charge in [-0.2, -0.15) is 0 Å². The number of hydrogen-bond donors (Lipinski definition) is 1. The Labute approximate surface area is 189 Å². The van der Waals surface area contributed by atoms with E-state index in [0.717, 1.165) is 18.7 Å². The highest BCUT2D eigenvalue weighted by Gasteiger charge is 2.28. The van der Waals surface area contributed by atoms with E-state index in [1.54, 1.807) is 6.07 Å². The third-order valence-corrected chi connectivity index (χ3v) is 5.94. The number of amides is 2. The van der Waals surface area contributed by atoms with Crippen LogP contribution in [0.15, 0.2) is 84.9 Å². The van der Waals surface area contributed by atoms with Gasteiger partial charge in [0.15, 0.2) is 0 Å². The van der Waals surface area contributed by atoms with E-state index in [1.807, 2.05) is 42.2 Å². The first kappa shape index (κ1) is 21.8. The molecule has 1 aliphatic heterocycles. The molecule has 0 spiro atoms. The van der Waals surface area contributed by atoms with Gasteiger partial charge >= 0.3 is 0 Å². The van der Waals surface area contributed by atoms with Gasteiger partial charge in [-0.1, -0.05) is 78.4 Å². The van der Waals surface area contributed by atoms with E-state index in [-0.39, 0.29) is 24.4 Å². The van der Waals surface area contributed by atoms with Crippen molar-refractivity contribution in [3.63, 3.8) is 0 Å². The fourth-order valence-electron chi connectivity index (χ4n) is 4.27. The molecule has 1 heterocycles. The van der Waals surface area contributed by atoms with Gasteiger partial charge in [0.2, 0.25) is 5.91 Å². The van der Waals surface area contributed by atoms with Crippen LogP contribution in [0, 0.1) is 6.92 Å². The van der Waals surface area contributed by atoms with E-state index in [1.165, 1.54) is 11.1 Å². The maximum absolute atomic E-state index is 12.7. The van der Waals surface area contributed by atoms with Crippen molar-refractivity contribution >= 4 is 11.8 Å². The molecule has 3 aromatic rings. The van der Waals surface area contributed by atoms with Crippen LogP contribution in [-0.4, -0.2) is 54.3 Å². The van der Waals surface area contributed by atoms with Crippen LogP contribution in [0.3, 0.4) is 0 Å². The third-order valence-electron chi connectivity index (χ3n) is 5.94. The number of carbonyl (C=O) groups excluding carboxylic acids is 2. The topological polar surface area (TPSA) is 52.7 Å². The SMILES string of the molecule is Cc1cccc(C(=O)NCC(=O)N2CCN(C(c3ccccc3)c3ccccc3)CC2)c1. The molecule has 2 amide bonds. The molecular formula is C27H29N3O2. The number of rotatable bonds is 6. The van der Waals surface area contributed by atoms with Crippen molar-refractivity contribution in [2.75, 3.05) is 32.7 Å². The number of hydrogen-bond acceptors (Lipinski definition) is 3. The second kappa shape index (κ2) is 10.2. The lowest BCUT2D eigenvalue weighted by Crippen LogP contribution is -2.52. The summed E-state index contributed by atoms with van der Waals surface area (Å²) in [5, 5.41) is 2.77. The van der Waals surface area contributed by atoms with Crippen molar-refractivity contribution in [2.24, 2.45) is 0 Å². The molecule has 164 valence electrons. The highest BCUT2D eigenvalue weighted by molar-refractivity contribution is 5.96. The lowest BCUT2D eigenvalue weighted by atomic mass is 9.96. The molecule has 1 fully saturated rings. The second-order valence-electron chi connectivity index (χ2n) is 8.19. The molecule has 5 heteroatoms. The Bertz CT molecular complexity index is 1010. The molecule has 0 unspecified atom stereocenters. The summed E-state index contributed by atoms with van der Waals surface area (Å²) in [5.74, 6) is -0.254. The van der Waals surface area contributed by atoms with Gasteiger partial charge in [-0.3, -0.25) is 14.5 Å². The number of nitrogens with zero attached hydrogens (tertiary/aromatic N) is 2. The van der Waals surface area contributed by atoms with E-state index in [0.29, 0.717) is 18.7 Å². The summed E-state index contributed by atoms with van der Waals surface area (Å²) in [4.78, 5) is 29.3. The predicted molar refractivity (Wildman–Crippen MR) is 126 cm³/mol. The monoisotopic (exact) mass is 427 g/mol. The highest BCUT2D eigenvalue weighted by Crippen LogP contribution is 2.29. The minimum absolute atomic E-state index is 0.0214. The van der Waals surface area contributed by atoms with Crippen LogP contribution in [0.1, 0.15) is 33.1 Å². The van der Waals surface area contributed by atoms with Crippen LogP contribution < -0.4 is 5.32 Å². The molecular weight excluding hydrogens is 398 g/mol. The minimum atomic E-state index is -0.214. The standard InChI is InChI=1S/C27H29N3O2/c1-21-9-8-14-24(19-21)27(32)28-20-25(31)29-15-17-30(18-16-29)26(22-10-4-2-5-11-22)23-12-6-3-7-13-23/h2-14,19,26H,15-18,20H2,1H3,(H,28,32). The molecule has 0 bridgehead atoms. The molecule has 1 N–H and O–H groups in total. The van der Waals surface area contributed by atoms with Crippen molar-refractivity contribution in [3.8, 4) is 0 Å². The minimum Gasteiger partial charge on any atom is -0.343 e. The van der Waals surface area contributed by atoms with Gasteiger partial charge in [0.05, 0.1) is 12.6 Å². The molecule has 3 aromatic carbocycles. The summed E-state index contributed by atoms with van der Waals surface area (Å²) in [6.45, 7) is 4.83. The smallest absolute Gasteiger partial charge is 0.251 e. The molecule has 1 saturated heterocycles. The molecule has 4 rings (SSSR count). The van der Waals surface area contributed by atoms with Crippen molar-refractivity contribution in [1.82, 2.24) is 15.1 Å². The van der Waals surface area contributed by atoms with Gasteiger partial charge < -0.3 is 10.2 Å². The molecule has 0 atom stereocenters. The van der Waals surface area contributed by atoms with Crippen LogP contribution >= 0.6 is 0 Å². The van der Waals surface area contributed by atoms with Crippen LogP contribution in [0.4, 0.5) is 0 Å². The molecule has 32 heavy (non-hydrogen) atoms. The third kappa shape index (κ3) is 5.24. The van der Waals surface area contributed by atoms with Gasteiger partial charge in [-0.25, -0.2) is 0 Å². The Hall–Kier alpha value is -3.44. The Morgan fingerprint density at radius 3 is 1.97 bits per heavy atom. The van der Waals surface area contributed by atoms with Crippen LogP contribution in [0.2, 0.25) is 0 Å². The van der Waals surface area contributed by atoms with Crippen molar-refractivity contribution < 1.29 is 9.59 Å². The molecule has 1 aliphatic rings. The van der Waals surface area contributed by atoms with Gasteiger partial charge in [-0.15, -0.1) is 0 Å². The maximum Gasteiger partial charge on any atom is 0.251 e. The number of piperazine rings is 1. The number of benzene rings is 3. The van der Waals surface area contributed by atoms with Crippen LogP contribution in [0.5, 0.6) is 0 Å². The number of carbonyl (C=O) groups is 2. The summed E-state index contributed by atoms with van der Waals surface area (Å²) in [6, 6.07) is 28.5. The molecule has 0 aliphatic carbocycles. The van der Waals surface area contributed by atoms with Crippen LogP contribution in [-0.2, 0) is 4.79 Å². The summed E-state index contributed by atoms with van der Waals surface area (Å²) in [5.41, 5.74) is 4.11. The zero-order chi connectivity index (χ0) is 22.3. The lowest BCUT2D eigenvalue weighted by molar-refractivity contribution is -0.132. The van der Waals surface area contributed by atoms with E-state index in [4.69, 9.17) is 0 Å². The van der Waals surface area contributed by atoms with Crippen molar-refractivity contribution in [3.05, 3.63) is 107 Å². The average Bonchev–Trinajstić information content (AvgIpc) is 2.84. The van der Waals surface area contributed by atoms with Gasteiger partial charge in [0.25, 0.3) is 5.91 Å². The van der Waals surface area contributed by atoms with E-state index >= 15 is 0 Å². The molecule has 5 nitrogen and oxygen atoms in total. The van der Waals surface area contributed by atoms with E-state index < -0.39 is 0 Å². The van der Waals surface area contributed by atoms with E-state index in [9.17, 15) is 9.59 Å². The van der Waals surface area contributed by atoms with Crippen molar-refractivity contribution in [2.45, 2.75) is 13.0 Å². The lowest BCUT2D eigenvalue weighted by Gasteiger charge is -2.39. The van der Waals surface area contributed by atoms with E-state index in [2.05, 4.69) is 58.7 Å². The van der Waals surface area contributed by atoms with Crippen molar-refractivity contribution in [1.29, 1.82) is 0 Å². The van der Waals surface area contributed by atoms with Gasteiger partial charge in [0, 0.05) is 31.7 Å². The maximum atomic E-state index is 12.7. The Kier molecular flexibility index (Phi) is 6.97. The first-order valence-electron chi connectivity index (χ1n) is 11.1. The fraction of sp³-hybridized carbons (Fsp3) is 0.259. The first-order chi connectivity index (χ1) is 15.6. The quantitative estimate of drug-likeness (QED) is 0.653. The summed E-state index contributed by atoms with van der Waals surface area (Å²) >= 11 is 0. The Morgan fingerprint density at radius 1 is 0.812 bits per heavy atom. The predicted octanol–water partition coefficient (Wildman–Crippen LogP) is 3.66. The highest BCUT2D eigenvalue weighted by atomic mass is 16.2. The van der Waals surface area contributed by atoms with Crippen LogP contribution in [0.25, 0.3) is 0 Å². The average molecular weight is 428 g/mol. The normalized spacial score (nSPS) is 14.4. The first-order valence-corrected chi connectivity index (χ1v) is 11.1. The molecule has 0 aromatic heterocycles. The summed E-state index contributed by atoms with van der Waals surface area (Å²) < 4.78 is 0. The largest absolute Gasteiger partial charge is 0.343 e. The Morgan fingerprint density at radius 2 is 1.41 bits per heavy atom. The zero-order valence-corrected chi connectivity index (χ0v) is 18.4. The fourth-order valence-corrected chi connectivity index (χ4v) is 4.27. The summed E-state index contributed by atoms with van der Waals surface area (Å²) in [6.07, 6.45) is 0. The van der Waals surface area contributed by atoms with Gasteiger partial charge in [-0.05, 0) is 30.2 Å². The molecule has 0 radical (unpaired) electrons. The zero-order valence-electron chi connectivity index (χ0n) is 18.4. The number of nitrogens with one attached hydrogen (secondary N) is 1. The Balaban J connectivity index is 1.36. The second-order valence-corrected chi connectivity index (χ2v) is 8.19. The number of aryl methyl sites for hydroxylation is 1. The van der Waals surface area contributed by atoms with Gasteiger partial charge in [0.1, 0.15) is 0 Å². The molecule has 0 saturated carbocycles. The summed E-state index contributed by atoms with van der Waals surface area (Å²) in [7, 11) is 0.